The first kappa shape index (κ1) is 9.64. The highest BCUT2D eigenvalue weighted by atomic mass is 19.1. The van der Waals surface area contributed by atoms with Crippen LogP contribution in [0.4, 0.5) is 4.39 Å². The fourth-order valence-corrected chi connectivity index (χ4v) is 1.19. The minimum absolute atomic E-state index is 0.0551. The summed E-state index contributed by atoms with van der Waals surface area (Å²) in [5.41, 5.74) is -0.118. The highest BCUT2D eigenvalue weighted by molar-refractivity contribution is 6.33. The molecule has 1 heterocycles. The molecular weight excluding hydrogens is 196 g/mol. The molecule has 1 aromatic carbocycles. The number of nitrogens with zero attached hydrogens (tertiary/aromatic N) is 1. The molecule has 2 rings (SSSR count). The average molecular weight is 201 g/mol. The molecule has 0 bridgehead atoms. The van der Waals surface area contributed by atoms with Crippen molar-refractivity contribution in [3.8, 4) is 0 Å². The molecule has 2 aromatic rings. The van der Waals surface area contributed by atoms with Crippen molar-refractivity contribution in [2.45, 2.75) is 0 Å². The summed E-state index contributed by atoms with van der Waals surface area (Å²) in [6, 6.07) is 4.24. The van der Waals surface area contributed by atoms with Crippen molar-refractivity contribution >= 4 is 19.1 Å². The van der Waals surface area contributed by atoms with Crippen molar-refractivity contribution in [1.29, 1.82) is 0 Å². The minimum atomic E-state index is -0.731. The van der Waals surface area contributed by atoms with E-state index in [0.717, 1.165) is 12.7 Å². The molecule has 15 heavy (non-hydrogen) atoms. The standard InChI is InChI=1S/C10H5BFNO2/c11-7-3-1-2-6(9(7)12)10(14)8-4-15-5-13-8/h1-5H. The van der Waals surface area contributed by atoms with Gasteiger partial charge in [-0.2, -0.15) is 0 Å². The third-order valence-corrected chi connectivity index (χ3v) is 1.94. The number of ketones is 1. The Morgan fingerprint density at radius 2 is 2.27 bits per heavy atom. The number of rotatable bonds is 2. The number of hydrogen-bond donors (Lipinski definition) is 0. The lowest BCUT2D eigenvalue weighted by Gasteiger charge is -2.02. The maximum atomic E-state index is 13.4. The van der Waals surface area contributed by atoms with Gasteiger partial charge in [-0.3, -0.25) is 4.79 Å². The van der Waals surface area contributed by atoms with E-state index in [4.69, 9.17) is 7.85 Å². The van der Waals surface area contributed by atoms with Crippen LogP contribution in [0.2, 0.25) is 0 Å². The first-order valence-electron chi connectivity index (χ1n) is 4.17. The average Bonchev–Trinajstić information content (AvgIpc) is 2.74. The van der Waals surface area contributed by atoms with Gasteiger partial charge < -0.3 is 4.42 Å². The van der Waals surface area contributed by atoms with Gasteiger partial charge in [-0.1, -0.05) is 17.6 Å². The Balaban J connectivity index is 2.47. The van der Waals surface area contributed by atoms with Gasteiger partial charge in [-0.25, -0.2) is 9.37 Å². The second-order valence-corrected chi connectivity index (χ2v) is 2.91. The van der Waals surface area contributed by atoms with E-state index in [1.54, 1.807) is 0 Å². The van der Waals surface area contributed by atoms with E-state index in [0.29, 0.717) is 0 Å². The number of hydrogen-bond acceptors (Lipinski definition) is 3. The molecule has 0 unspecified atom stereocenters. The first-order valence-corrected chi connectivity index (χ1v) is 4.17. The third kappa shape index (κ3) is 1.68. The largest absolute Gasteiger partial charge is 0.451 e. The van der Waals surface area contributed by atoms with Crippen molar-refractivity contribution in [3.05, 3.63) is 47.9 Å². The van der Waals surface area contributed by atoms with Crippen LogP contribution in [0.25, 0.3) is 0 Å². The predicted molar refractivity (Wildman–Crippen MR) is 51.7 cm³/mol. The molecule has 72 valence electrons. The van der Waals surface area contributed by atoms with Gasteiger partial charge >= 0.3 is 0 Å². The normalized spacial score (nSPS) is 10.2. The maximum Gasteiger partial charge on any atom is 0.217 e. The van der Waals surface area contributed by atoms with E-state index in [2.05, 4.69) is 9.40 Å². The Labute approximate surface area is 86.3 Å². The number of benzene rings is 1. The van der Waals surface area contributed by atoms with Gasteiger partial charge in [-0.05, 0) is 6.07 Å². The predicted octanol–water partition coefficient (Wildman–Crippen LogP) is 0.839. The Bertz CT molecular complexity index is 496. The molecule has 0 aliphatic rings. The molecular formula is C10H5BFNO2. The Kier molecular flexibility index (Phi) is 2.37. The summed E-state index contributed by atoms with van der Waals surface area (Å²) >= 11 is 0. The summed E-state index contributed by atoms with van der Waals surface area (Å²) in [5, 5.41) is 0. The van der Waals surface area contributed by atoms with Crippen LogP contribution in [-0.2, 0) is 0 Å². The lowest BCUT2D eigenvalue weighted by atomic mass is 9.92. The van der Waals surface area contributed by atoms with E-state index in [9.17, 15) is 9.18 Å². The molecule has 0 amide bonds. The van der Waals surface area contributed by atoms with Gasteiger partial charge in [0.05, 0.1) is 5.56 Å². The first-order chi connectivity index (χ1) is 7.20. The fraction of sp³-hybridized carbons (Fsp3) is 0. The second kappa shape index (κ2) is 3.69. The highest BCUT2D eigenvalue weighted by Crippen LogP contribution is 2.10. The Morgan fingerprint density at radius 3 is 2.93 bits per heavy atom. The number of carbonyl (C=O) groups is 1. The van der Waals surface area contributed by atoms with Gasteiger partial charge in [-0.15, -0.1) is 0 Å². The zero-order chi connectivity index (χ0) is 10.8. The summed E-state index contributed by atoms with van der Waals surface area (Å²) in [6.07, 6.45) is 2.27. The summed E-state index contributed by atoms with van der Waals surface area (Å²) in [6.45, 7) is 0. The zero-order valence-electron chi connectivity index (χ0n) is 7.61. The van der Waals surface area contributed by atoms with Crippen LogP contribution in [0.15, 0.2) is 35.3 Å². The van der Waals surface area contributed by atoms with Gasteiger partial charge in [0.2, 0.25) is 5.78 Å². The van der Waals surface area contributed by atoms with E-state index < -0.39 is 11.6 Å². The van der Waals surface area contributed by atoms with Gasteiger partial charge in [0.1, 0.15) is 25.6 Å². The van der Waals surface area contributed by atoms with Crippen LogP contribution >= 0.6 is 0 Å². The lowest BCUT2D eigenvalue weighted by Crippen LogP contribution is -2.15. The smallest absolute Gasteiger partial charge is 0.217 e. The van der Waals surface area contributed by atoms with Crippen molar-refractivity contribution in [3.63, 3.8) is 0 Å². The molecule has 1 aromatic heterocycles. The van der Waals surface area contributed by atoms with Crippen LogP contribution in [-0.4, -0.2) is 18.6 Å². The molecule has 0 aliphatic heterocycles. The zero-order valence-corrected chi connectivity index (χ0v) is 7.61. The van der Waals surface area contributed by atoms with E-state index in [-0.39, 0.29) is 16.7 Å². The summed E-state index contributed by atoms with van der Waals surface area (Å²) in [5.74, 6) is -1.28. The van der Waals surface area contributed by atoms with E-state index in [1.165, 1.54) is 18.2 Å². The number of oxazole rings is 1. The minimum Gasteiger partial charge on any atom is -0.451 e. The summed E-state index contributed by atoms with van der Waals surface area (Å²) in [7, 11) is 5.34. The highest BCUT2D eigenvalue weighted by Gasteiger charge is 2.16. The molecule has 0 saturated carbocycles. The quantitative estimate of drug-likeness (QED) is 0.534. The number of halogens is 1. The van der Waals surface area contributed by atoms with Crippen LogP contribution in [0.3, 0.4) is 0 Å². The van der Waals surface area contributed by atoms with Crippen LogP contribution < -0.4 is 5.46 Å². The maximum absolute atomic E-state index is 13.4. The Hall–Kier alpha value is -1.91. The molecule has 0 aliphatic carbocycles. The Morgan fingerprint density at radius 1 is 1.47 bits per heavy atom. The molecule has 0 atom stereocenters. The number of carbonyl (C=O) groups excluding carboxylic acids is 1. The molecule has 0 saturated heterocycles. The second-order valence-electron chi connectivity index (χ2n) is 2.91. The number of aromatic nitrogens is 1. The molecule has 5 heteroatoms. The SMILES string of the molecule is [B]c1cccc(C(=O)c2cocn2)c1F. The van der Waals surface area contributed by atoms with Crippen LogP contribution in [0.1, 0.15) is 16.1 Å². The van der Waals surface area contributed by atoms with Crippen LogP contribution in [0.5, 0.6) is 0 Å². The lowest BCUT2D eigenvalue weighted by molar-refractivity contribution is 0.103. The summed E-state index contributed by atoms with van der Waals surface area (Å²) in [4.78, 5) is 15.3. The molecule has 0 spiro atoms. The van der Waals surface area contributed by atoms with Crippen molar-refractivity contribution in [2.75, 3.05) is 0 Å². The summed E-state index contributed by atoms with van der Waals surface area (Å²) < 4.78 is 18.1. The van der Waals surface area contributed by atoms with Crippen molar-refractivity contribution in [1.82, 2.24) is 4.98 Å². The van der Waals surface area contributed by atoms with Gasteiger partial charge in [0, 0.05) is 0 Å². The monoisotopic (exact) mass is 201 g/mol. The molecule has 2 radical (unpaired) electrons. The van der Waals surface area contributed by atoms with Crippen molar-refractivity contribution < 1.29 is 13.6 Å². The van der Waals surface area contributed by atoms with Gasteiger partial charge in [0.15, 0.2) is 6.39 Å². The van der Waals surface area contributed by atoms with E-state index >= 15 is 0 Å². The fourth-order valence-electron chi connectivity index (χ4n) is 1.19. The molecule has 0 N–H and O–H groups in total. The van der Waals surface area contributed by atoms with Gasteiger partial charge in [0.25, 0.3) is 0 Å². The molecule has 0 fully saturated rings. The van der Waals surface area contributed by atoms with Crippen molar-refractivity contribution in [2.24, 2.45) is 0 Å². The third-order valence-electron chi connectivity index (χ3n) is 1.94. The van der Waals surface area contributed by atoms with E-state index in [1.807, 2.05) is 0 Å². The van der Waals surface area contributed by atoms with Crippen LogP contribution in [0, 0.1) is 5.82 Å². The topological polar surface area (TPSA) is 43.1 Å². The molecule has 3 nitrogen and oxygen atoms in total.